The molecular weight excluding hydrogens is 260 g/mol. The summed E-state index contributed by atoms with van der Waals surface area (Å²) >= 11 is 0. The summed E-state index contributed by atoms with van der Waals surface area (Å²) in [6, 6.07) is 8.85. The molecule has 0 saturated carbocycles. The van der Waals surface area contributed by atoms with Gasteiger partial charge in [-0.05, 0) is 30.9 Å². The Morgan fingerprint density at radius 1 is 1.29 bits per heavy atom. The highest BCUT2D eigenvalue weighted by molar-refractivity contribution is 5.78. The molecule has 1 aliphatic heterocycles. The van der Waals surface area contributed by atoms with Gasteiger partial charge in [0.2, 0.25) is 5.91 Å². The zero-order chi connectivity index (χ0) is 15.4. The smallest absolute Gasteiger partial charge is 0.222 e. The lowest BCUT2D eigenvalue weighted by molar-refractivity contribution is -0.128. The molecule has 1 aromatic rings. The molecule has 2 rings (SSSR count). The lowest BCUT2D eigenvalue weighted by Gasteiger charge is -2.26. The van der Waals surface area contributed by atoms with E-state index in [0.717, 1.165) is 19.6 Å². The molecule has 1 aromatic carbocycles. The molecule has 1 saturated heterocycles. The van der Waals surface area contributed by atoms with E-state index in [-0.39, 0.29) is 6.04 Å². The van der Waals surface area contributed by atoms with Gasteiger partial charge in [-0.25, -0.2) is 0 Å². The fourth-order valence-electron chi connectivity index (χ4n) is 2.98. The molecule has 3 heteroatoms. The summed E-state index contributed by atoms with van der Waals surface area (Å²) in [4.78, 5) is 14.3. The van der Waals surface area contributed by atoms with Crippen molar-refractivity contribution in [2.24, 2.45) is 11.8 Å². The van der Waals surface area contributed by atoms with Gasteiger partial charge in [0.25, 0.3) is 0 Å². The van der Waals surface area contributed by atoms with Crippen LogP contribution in [-0.4, -0.2) is 30.4 Å². The molecule has 116 valence electrons. The SMILES string of the molecule is CCNC(CN1CC(C(C)C)CC1=O)c1ccc(C)cc1. The fourth-order valence-corrected chi connectivity index (χ4v) is 2.98. The normalized spacial score (nSPS) is 20.3. The molecule has 0 bridgehead atoms. The number of carbonyl (C=O) groups is 1. The number of amides is 1. The number of nitrogens with zero attached hydrogens (tertiary/aromatic N) is 1. The van der Waals surface area contributed by atoms with Crippen LogP contribution in [0.5, 0.6) is 0 Å². The first-order valence-electron chi connectivity index (χ1n) is 8.09. The number of rotatable bonds is 6. The van der Waals surface area contributed by atoms with E-state index in [4.69, 9.17) is 0 Å². The van der Waals surface area contributed by atoms with E-state index in [0.29, 0.717) is 24.2 Å². The van der Waals surface area contributed by atoms with Gasteiger partial charge in [-0.15, -0.1) is 0 Å². The molecule has 1 fully saturated rings. The van der Waals surface area contributed by atoms with Gasteiger partial charge >= 0.3 is 0 Å². The van der Waals surface area contributed by atoms with Crippen LogP contribution in [0.1, 0.15) is 44.4 Å². The Labute approximate surface area is 128 Å². The number of likely N-dealkylation sites (N-methyl/N-ethyl adjacent to an activating group) is 1. The van der Waals surface area contributed by atoms with E-state index in [1.807, 2.05) is 4.90 Å². The maximum absolute atomic E-state index is 12.2. The van der Waals surface area contributed by atoms with E-state index in [2.05, 4.69) is 57.3 Å². The van der Waals surface area contributed by atoms with E-state index >= 15 is 0 Å². The topological polar surface area (TPSA) is 32.3 Å². The first-order chi connectivity index (χ1) is 10.0. The van der Waals surface area contributed by atoms with Crippen LogP contribution in [0.25, 0.3) is 0 Å². The molecule has 1 heterocycles. The Bertz CT molecular complexity index is 467. The molecule has 21 heavy (non-hydrogen) atoms. The molecule has 0 aliphatic carbocycles. The van der Waals surface area contributed by atoms with E-state index in [9.17, 15) is 4.79 Å². The van der Waals surface area contributed by atoms with Gasteiger partial charge in [0, 0.05) is 25.6 Å². The molecule has 1 amide bonds. The summed E-state index contributed by atoms with van der Waals surface area (Å²) in [5.74, 6) is 1.40. The van der Waals surface area contributed by atoms with Crippen LogP contribution in [0.3, 0.4) is 0 Å². The van der Waals surface area contributed by atoms with E-state index < -0.39 is 0 Å². The van der Waals surface area contributed by atoms with Gasteiger partial charge in [0.05, 0.1) is 0 Å². The number of nitrogens with one attached hydrogen (secondary N) is 1. The number of aryl methyl sites for hydroxylation is 1. The molecule has 0 aromatic heterocycles. The van der Waals surface area contributed by atoms with Gasteiger partial charge in [0.1, 0.15) is 0 Å². The van der Waals surface area contributed by atoms with Crippen LogP contribution in [0.4, 0.5) is 0 Å². The second-order valence-electron chi connectivity index (χ2n) is 6.53. The zero-order valence-electron chi connectivity index (χ0n) is 13.7. The van der Waals surface area contributed by atoms with Gasteiger partial charge in [-0.3, -0.25) is 4.79 Å². The number of carbonyl (C=O) groups excluding carboxylic acids is 1. The zero-order valence-corrected chi connectivity index (χ0v) is 13.7. The molecular formula is C18H28N2O. The van der Waals surface area contributed by atoms with Crippen molar-refractivity contribution in [1.82, 2.24) is 10.2 Å². The number of benzene rings is 1. The Morgan fingerprint density at radius 3 is 2.48 bits per heavy atom. The Balaban J connectivity index is 2.06. The van der Waals surface area contributed by atoms with E-state index in [1.54, 1.807) is 0 Å². The van der Waals surface area contributed by atoms with Crippen LogP contribution in [0.2, 0.25) is 0 Å². The van der Waals surface area contributed by atoms with Crippen LogP contribution in [0.15, 0.2) is 24.3 Å². The van der Waals surface area contributed by atoms with Crippen LogP contribution >= 0.6 is 0 Å². The minimum absolute atomic E-state index is 0.227. The Kier molecular flexibility index (Phi) is 5.40. The van der Waals surface area contributed by atoms with Crippen molar-refractivity contribution in [3.63, 3.8) is 0 Å². The monoisotopic (exact) mass is 288 g/mol. The van der Waals surface area contributed by atoms with Gasteiger partial charge in [0.15, 0.2) is 0 Å². The first kappa shape index (κ1) is 16.0. The van der Waals surface area contributed by atoms with Crippen molar-refractivity contribution in [3.05, 3.63) is 35.4 Å². The third kappa shape index (κ3) is 4.07. The lowest BCUT2D eigenvalue weighted by atomic mass is 9.95. The third-order valence-electron chi connectivity index (χ3n) is 4.52. The second kappa shape index (κ2) is 7.08. The summed E-state index contributed by atoms with van der Waals surface area (Å²) in [6.07, 6.45) is 0.713. The van der Waals surface area contributed by atoms with Crippen LogP contribution < -0.4 is 5.32 Å². The lowest BCUT2D eigenvalue weighted by Crippen LogP contribution is -2.36. The largest absolute Gasteiger partial charge is 0.340 e. The quantitative estimate of drug-likeness (QED) is 0.872. The second-order valence-corrected chi connectivity index (χ2v) is 6.53. The molecule has 0 spiro atoms. The third-order valence-corrected chi connectivity index (χ3v) is 4.52. The van der Waals surface area contributed by atoms with Crippen LogP contribution in [-0.2, 0) is 4.79 Å². The van der Waals surface area contributed by atoms with Crippen molar-refractivity contribution >= 4 is 5.91 Å². The summed E-state index contributed by atoms with van der Waals surface area (Å²) in [5.41, 5.74) is 2.54. The minimum atomic E-state index is 0.227. The van der Waals surface area contributed by atoms with Gasteiger partial charge in [-0.1, -0.05) is 50.6 Å². The molecule has 1 N–H and O–H groups in total. The molecule has 1 aliphatic rings. The molecule has 0 radical (unpaired) electrons. The first-order valence-corrected chi connectivity index (χ1v) is 8.09. The maximum Gasteiger partial charge on any atom is 0.222 e. The molecule has 3 nitrogen and oxygen atoms in total. The predicted octanol–water partition coefficient (Wildman–Crippen LogP) is 3.15. The number of hydrogen-bond donors (Lipinski definition) is 1. The van der Waals surface area contributed by atoms with Gasteiger partial charge < -0.3 is 10.2 Å². The highest BCUT2D eigenvalue weighted by Gasteiger charge is 2.32. The molecule has 2 atom stereocenters. The highest BCUT2D eigenvalue weighted by Crippen LogP contribution is 2.26. The Hall–Kier alpha value is -1.35. The van der Waals surface area contributed by atoms with Crippen molar-refractivity contribution in [3.8, 4) is 0 Å². The van der Waals surface area contributed by atoms with Crippen molar-refractivity contribution < 1.29 is 4.79 Å². The average Bonchev–Trinajstić information content (AvgIpc) is 2.81. The predicted molar refractivity (Wildman–Crippen MR) is 87.1 cm³/mol. The molecule has 2 unspecified atom stereocenters. The highest BCUT2D eigenvalue weighted by atomic mass is 16.2. The van der Waals surface area contributed by atoms with Crippen molar-refractivity contribution in [1.29, 1.82) is 0 Å². The summed E-state index contributed by atoms with van der Waals surface area (Å²) in [6.45, 7) is 11.2. The number of likely N-dealkylation sites (tertiary alicyclic amines) is 1. The van der Waals surface area contributed by atoms with Crippen LogP contribution in [0, 0.1) is 18.8 Å². The Morgan fingerprint density at radius 2 is 1.95 bits per heavy atom. The van der Waals surface area contributed by atoms with E-state index in [1.165, 1.54) is 11.1 Å². The number of hydrogen-bond acceptors (Lipinski definition) is 2. The van der Waals surface area contributed by atoms with Crippen molar-refractivity contribution in [2.75, 3.05) is 19.6 Å². The average molecular weight is 288 g/mol. The maximum atomic E-state index is 12.2. The standard InChI is InChI=1S/C18H28N2O/c1-5-19-17(15-8-6-14(4)7-9-15)12-20-11-16(13(2)3)10-18(20)21/h6-9,13,16-17,19H,5,10-12H2,1-4H3. The van der Waals surface area contributed by atoms with Crippen molar-refractivity contribution in [2.45, 2.75) is 40.2 Å². The van der Waals surface area contributed by atoms with Gasteiger partial charge in [-0.2, -0.15) is 0 Å². The summed E-state index contributed by atoms with van der Waals surface area (Å²) in [5, 5.41) is 3.52. The fraction of sp³-hybridized carbons (Fsp3) is 0.611. The minimum Gasteiger partial charge on any atom is -0.340 e. The summed E-state index contributed by atoms with van der Waals surface area (Å²) < 4.78 is 0. The summed E-state index contributed by atoms with van der Waals surface area (Å²) in [7, 11) is 0.